The molecule has 0 radical (unpaired) electrons. The van der Waals surface area contributed by atoms with Crippen molar-refractivity contribution in [1.82, 2.24) is 14.5 Å². The van der Waals surface area contributed by atoms with Crippen molar-refractivity contribution in [3.05, 3.63) is 75.6 Å². The van der Waals surface area contributed by atoms with E-state index in [1.807, 2.05) is 16.7 Å². The van der Waals surface area contributed by atoms with E-state index in [0.29, 0.717) is 17.4 Å². The molecule has 1 aliphatic heterocycles. The summed E-state index contributed by atoms with van der Waals surface area (Å²) in [7, 11) is 2.10. The number of hydrogen-bond donors (Lipinski definition) is 0. The van der Waals surface area contributed by atoms with Gasteiger partial charge in [0.1, 0.15) is 11.6 Å². The molecule has 2 aromatic carbocycles. The van der Waals surface area contributed by atoms with E-state index in [1.54, 1.807) is 18.2 Å². The normalized spacial score (nSPS) is 14.7. The number of rotatable bonds is 0. The maximum atomic E-state index is 13.0. The quantitative estimate of drug-likeness (QED) is 0.578. The van der Waals surface area contributed by atoms with Crippen molar-refractivity contribution in [2.75, 3.05) is 20.1 Å². The third kappa shape index (κ3) is 3.76. The molecule has 0 saturated carbocycles. The number of likely N-dealkylation sites (N-methyl/N-ethyl adjacent to an activating group) is 1. The van der Waals surface area contributed by atoms with Gasteiger partial charge in [0, 0.05) is 30.6 Å². The number of aromatic nitrogens is 2. The molecule has 1 aromatic heterocycles. The molecule has 0 bridgehead atoms. The molecule has 0 amide bonds. The van der Waals surface area contributed by atoms with Crippen molar-refractivity contribution < 1.29 is 4.39 Å². The average Bonchev–Trinajstić information content (AvgIpc) is 2.66. The molecule has 136 valence electrons. The molecule has 0 spiro atoms. The number of fused-ring (bicyclic) bond motifs is 2. The van der Waals surface area contributed by atoms with Crippen LogP contribution in [0.5, 0.6) is 0 Å². The van der Waals surface area contributed by atoms with Gasteiger partial charge in [0.25, 0.3) is 5.56 Å². The Labute approximate surface area is 157 Å². The zero-order chi connectivity index (χ0) is 18.8. The van der Waals surface area contributed by atoms with Gasteiger partial charge < -0.3 is 4.90 Å². The second kappa shape index (κ2) is 7.34. The molecule has 2 heterocycles. The number of halogens is 1. The summed E-state index contributed by atoms with van der Waals surface area (Å²) in [6, 6.07) is 11.6. The molecule has 1 aliphatic rings. The van der Waals surface area contributed by atoms with Crippen molar-refractivity contribution in [2.24, 2.45) is 0 Å². The van der Waals surface area contributed by atoms with Crippen molar-refractivity contribution in [3.63, 3.8) is 0 Å². The van der Waals surface area contributed by atoms with Gasteiger partial charge in [-0.3, -0.25) is 9.36 Å². The maximum Gasteiger partial charge on any atom is 0.261 e. The Balaban J connectivity index is 1.73. The molecular weight excluding hydrogens is 341 g/mol. The average molecular weight is 361 g/mol. The highest BCUT2D eigenvalue weighted by atomic mass is 19.1. The monoisotopic (exact) mass is 361 g/mol. The van der Waals surface area contributed by atoms with E-state index >= 15 is 0 Å². The minimum absolute atomic E-state index is 0.0256. The number of nitrogens with zero attached hydrogens (tertiary/aromatic N) is 3. The first kappa shape index (κ1) is 17.4. The van der Waals surface area contributed by atoms with E-state index in [9.17, 15) is 9.18 Å². The molecule has 5 heteroatoms. The first-order chi connectivity index (χ1) is 13.1. The third-order valence-corrected chi connectivity index (χ3v) is 4.87. The Morgan fingerprint density at radius 1 is 1.00 bits per heavy atom. The smallest absolute Gasteiger partial charge is 0.261 e. The lowest BCUT2D eigenvalue weighted by molar-refractivity contribution is 0.304. The van der Waals surface area contributed by atoms with E-state index in [2.05, 4.69) is 23.8 Å². The summed E-state index contributed by atoms with van der Waals surface area (Å²) in [5.41, 5.74) is 2.23. The van der Waals surface area contributed by atoms with Gasteiger partial charge in [-0.05, 0) is 62.5 Å². The van der Waals surface area contributed by atoms with Gasteiger partial charge in [0.15, 0.2) is 0 Å². The first-order valence-corrected chi connectivity index (χ1v) is 9.10. The molecule has 4 nitrogen and oxygen atoms in total. The maximum absolute atomic E-state index is 13.0. The van der Waals surface area contributed by atoms with Gasteiger partial charge >= 0.3 is 0 Å². The summed E-state index contributed by atoms with van der Waals surface area (Å²) < 4.78 is 14.8. The minimum Gasteiger partial charge on any atom is -0.306 e. The van der Waals surface area contributed by atoms with Crippen LogP contribution in [-0.4, -0.2) is 34.6 Å². The van der Waals surface area contributed by atoms with Crippen LogP contribution < -0.4 is 5.56 Å². The lowest BCUT2D eigenvalue weighted by Crippen LogP contribution is -2.33. The van der Waals surface area contributed by atoms with Crippen molar-refractivity contribution in [2.45, 2.75) is 19.4 Å². The molecule has 0 aliphatic carbocycles. The lowest BCUT2D eigenvalue weighted by atomic mass is 10.1. The van der Waals surface area contributed by atoms with Crippen LogP contribution in [0.4, 0.5) is 4.39 Å². The predicted molar refractivity (Wildman–Crippen MR) is 104 cm³/mol. The number of benzene rings is 2. The van der Waals surface area contributed by atoms with Crippen molar-refractivity contribution >= 4 is 10.9 Å². The van der Waals surface area contributed by atoms with Gasteiger partial charge in [0.2, 0.25) is 0 Å². The fraction of sp³-hybridized carbons (Fsp3) is 0.273. The standard InChI is InChI=1S/C22H20FN3O/c1-25-12-2-13-26-21(11-14-25)24-20-15-17(7-10-19(20)22(26)27)4-3-16-5-8-18(23)9-6-16/h5-10,15H,2,11-14H2,1H3. The van der Waals surface area contributed by atoms with Crippen LogP contribution >= 0.6 is 0 Å². The highest BCUT2D eigenvalue weighted by molar-refractivity contribution is 5.79. The van der Waals surface area contributed by atoms with E-state index in [0.717, 1.165) is 42.9 Å². The molecule has 0 fully saturated rings. The summed E-state index contributed by atoms with van der Waals surface area (Å²) in [4.78, 5) is 19.9. The molecule has 0 unspecified atom stereocenters. The summed E-state index contributed by atoms with van der Waals surface area (Å²) in [5, 5.41) is 0.625. The van der Waals surface area contributed by atoms with E-state index in [1.165, 1.54) is 12.1 Å². The second-order valence-corrected chi connectivity index (χ2v) is 6.88. The Hall–Kier alpha value is -2.97. The van der Waals surface area contributed by atoms with Crippen molar-refractivity contribution in [1.29, 1.82) is 0 Å². The fourth-order valence-corrected chi connectivity index (χ4v) is 3.35. The summed E-state index contributed by atoms with van der Waals surface area (Å²) in [6.45, 7) is 2.58. The summed E-state index contributed by atoms with van der Waals surface area (Å²) in [6.07, 6.45) is 1.70. The second-order valence-electron chi connectivity index (χ2n) is 6.88. The molecule has 4 rings (SSSR count). The summed E-state index contributed by atoms with van der Waals surface area (Å²) in [5.74, 6) is 6.65. The molecule has 0 saturated heterocycles. The zero-order valence-corrected chi connectivity index (χ0v) is 15.2. The van der Waals surface area contributed by atoms with Gasteiger partial charge in [-0.15, -0.1) is 0 Å². The molecule has 0 N–H and O–H groups in total. The zero-order valence-electron chi connectivity index (χ0n) is 15.2. The van der Waals surface area contributed by atoms with Gasteiger partial charge in [-0.1, -0.05) is 11.8 Å². The molecule has 3 aromatic rings. The Kier molecular flexibility index (Phi) is 4.74. The van der Waals surface area contributed by atoms with Crippen LogP contribution in [-0.2, 0) is 13.0 Å². The van der Waals surface area contributed by atoms with Crippen LogP contribution in [0.25, 0.3) is 10.9 Å². The van der Waals surface area contributed by atoms with Crippen LogP contribution in [0.15, 0.2) is 47.3 Å². The molecule has 0 atom stereocenters. The highest BCUT2D eigenvalue weighted by Gasteiger charge is 2.14. The van der Waals surface area contributed by atoms with Crippen LogP contribution in [0.2, 0.25) is 0 Å². The number of hydrogen-bond acceptors (Lipinski definition) is 3. The Morgan fingerprint density at radius 2 is 1.74 bits per heavy atom. The van der Waals surface area contributed by atoms with Gasteiger partial charge in [0.05, 0.1) is 10.9 Å². The lowest BCUT2D eigenvalue weighted by Gasteiger charge is -2.22. The summed E-state index contributed by atoms with van der Waals surface area (Å²) >= 11 is 0. The SMILES string of the molecule is CN1CCCn2c(nc3cc(C#Cc4ccc(F)cc4)ccc3c2=O)CC1. The van der Waals surface area contributed by atoms with Crippen molar-refractivity contribution in [3.8, 4) is 11.8 Å². The largest absolute Gasteiger partial charge is 0.306 e. The fourth-order valence-electron chi connectivity index (χ4n) is 3.35. The van der Waals surface area contributed by atoms with Gasteiger partial charge in [-0.25, -0.2) is 9.37 Å². The van der Waals surface area contributed by atoms with E-state index in [-0.39, 0.29) is 11.4 Å². The van der Waals surface area contributed by atoms with Gasteiger partial charge in [-0.2, -0.15) is 0 Å². The Bertz CT molecular complexity index is 1110. The van der Waals surface area contributed by atoms with Crippen LogP contribution in [0.3, 0.4) is 0 Å². The first-order valence-electron chi connectivity index (χ1n) is 9.10. The highest BCUT2D eigenvalue weighted by Crippen LogP contribution is 2.14. The third-order valence-electron chi connectivity index (χ3n) is 4.87. The predicted octanol–water partition coefficient (Wildman–Crippen LogP) is 2.81. The van der Waals surface area contributed by atoms with E-state index < -0.39 is 0 Å². The molecular formula is C22H20FN3O. The van der Waals surface area contributed by atoms with E-state index in [4.69, 9.17) is 4.98 Å². The minimum atomic E-state index is -0.280. The van der Waals surface area contributed by atoms with Crippen LogP contribution in [0.1, 0.15) is 23.4 Å². The Morgan fingerprint density at radius 3 is 2.56 bits per heavy atom. The van der Waals surface area contributed by atoms with Crippen LogP contribution in [0, 0.1) is 17.7 Å². The molecule has 27 heavy (non-hydrogen) atoms. The topological polar surface area (TPSA) is 38.1 Å².